The summed E-state index contributed by atoms with van der Waals surface area (Å²) in [4.78, 5) is 39.8. The van der Waals surface area contributed by atoms with Crippen LogP contribution in [0.1, 0.15) is 6.92 Å². The zero-order chi connectivity index (χ0) is 20.3. The van der Waals surface area contributed by atoms with E-state index in [2.05, 4.69) is 16.9 Å². The van der Waals surface area contributed by atoms with Gasteiger partial charge in [-0.2, -0.15) is 0 Å². The molecule has 0 aliphatic heterocycles. The maximum atomic E-state index is 12.7. The monoisotopic (exact) mass is 378 g/mol. The molecular weight excluding hydrogens is 360 g/mol. The molecule has 28 heavy (non-hydrogen) atoms. The van der Waals surface area contributed by atoms with Gasteiger partial charge in [0, 0.05) is 11.3 Å². The number of carbonyl (C=O) groups excluding carboxylic acids is 2. The van der Waals surface area contributed by atoms with Crippen molar-refractivity contribution in [3.63, 3.8) is 0 Å². The average molecular weight is 378 g/mol. The highest BCUT2D eigenvalue weighted by Crippen LogP contribution is 2.27. The Bertz CT molecular complexity index is 1130. The summed E-state index contributed by atoms with van der Waals surface area (Å²) >= 11 is 0. The summed E-state index contributed by atoms with van der Waals surface area (Å²) in [6, 6.07) is 12.2. The van der Waals surface area contributed by atoms with Crippen LogP contribution in [0.2, 0.25) is 0 Å². The Hall–Kier alpha value is -3.94. The molecule has 1 heterocycles. The van der Waals surface area contributed by atoms with Crippen LogP contribution in [0, 0.1) is 0 Å². The first-order valence-electron chi connectivity index (χ1n) is 8.46. The number of hydrogen-bond acceptors (Lipinski definition) is 5. The first kappa shape index (κ1) is 18.8. The van der Waals surface area contributed by atoms with E-state index < -0.39 is 17.6 Å². The van der Waals surface area contributed by atoms with Gasteiger partial charge in [0.1, 0.15) is 12.0 Å². The van der Waals surface area contributed by atoms with Gasteiger partial charge < -0.3 is 10.5 Å². The van der Waals surface area contributed by atoms with E-state index in [1.165, 1.54) is 6.33 Å². The SMILES string of the molecule is C=C(C(N)=O)n1cnc2c(-c3ccc(NC(=O)OCC)cc3)cccc2c1=O. The van der Waals surface area contributed by atoms with E-state index in [4.69, 9.17) is 10.5 Å². The number of carbonyl (C=O) groups is 2. The van der Waals surface area contributed by atoms with Gasteiger partial charge in [-0.3, -0.25) is 19.5 Å². The largest absolute Gasteiger partial charge is 0.450 e. The Balaban J connectivity index is 2.01. The molecule has 0 radical (unpaired) electrons. The molecule has 0 aliphatic carbocycles. The third kappa shape index (κ3) is 3.61. The quantitative estimate of drug-likeness (QED) is 0.662. The number of fused-ring (bicyclic) bond motifs is 1. The predicted octanol–water partition coefficient (Wildman–Crippen LogP) is 2.59. The van der Waals surface area contributed by atoms with Crippen LogP contribution in [0.15, 0.2) is 60.2 Å². The summed E-state index contributed by atoms with van der Waals surface area (Å²) in [6.07, 6.45) is 0.704. The summed E-state index contributed by atoms with van der Waals surface area (Å²) in [6.45, 7) is 5.53. The van der Waals surface area contributed by atoms with Crippen LogP contribution >= 0.6 is 0 Å². The van der Waals surface area contributed by atoms with Gasteiger partial charge in [-0.1, -0.05) is 30.8 Å². The number of hydrogen-bond donors (Lipinski definition) is 2. The topological polar surface area (TPSA) is 116 Å². The van der Waals surface area contributed by atoms with Crippen molar-refractivity contribution in [1.29, 1.82) is 0 Å². The summed E-state index contributed by atoms with van der Waals surface area (Å²) in [7, 11) is 0. The Morgan fingerprint density at radius 3 is 2.57 bits per heavy atom. The zero-order valence-electron chi connectivity index (χ0n) is 15.1. The zero-order valence-corrected chi connectivity index (χ0v) is 15.1. The minimum Gasteiger partial charge on any atom is -0.450 e. The Morgan fingerprint density at radius 1 is 1.21 bits per heavy atom. The molecule has 2 aromatic carbocycles. The average Bonchev–Trinajstić information content (AvgIpc) is 2.68. The van der Waals surface area contributed by atoms with E-state index >= 15 is 0 Å². The van der Waals surface area contributed by atoms with E-state index in [1.807, 2.05) is 6.07 Å². The maximum absolute atomic E-state index is 12.7. The number of amides is 2. The maximum Gasteiger partial charge on any atom is 0.411 e. The van der Waals surface area contributed by atoms with Gasteiger partial charge in [0.25, 0.3) is 11.5 Å². The van der Waals surface area contributed by atoms with Gasteiger partial charge in [-0.25, -0.2) is 9.78 Å². The van der Waals surface area contributed by atoms with Crippen LogP contribution in [0.4, 0.5) is 10.5 Å². The van der Waals surface area contributed by atoms with Gasteiger partial charge in [-0.05, 0) is 30.7 Å². The van der Waals surface area contributed by atoms with Gasteiger partial charge in [0.2, 0.25) is 0 Å². The molecular formula is C20H18N4O4. The first-order valence-corrected chi connectivity index (χ1v) is 8.46. The molecule has 2 amide bonds. The van der Waals surface area contributed by atoms with Crippen molar-refractivity contribution in [3.05, 3.63) is 65.7 Å². The molecule has 3 N–H and O–H groups in total. The molecule has 8 nitrogen and oxygen atoms in total. The number of nitrogens with two attached hydrogens (primary N) is 1. The Morgan fingerprint density at radius 2 is 1.93 bits per heavy atom. The van der Waals surface area contributed by atoms with E-state index in [1.54, 1.807) is 43.3 Å². The van der Waals surface area contributed by atoms with Crippen LogP contribution in [0.25, 0.3) is 27.7 Å². The molecule has 0 saturated heterocycles. The smallest absolute Gasteiger partial charge is 0.411 e. The molecule has 0 fully saturated rings. The Kier molecular flexibility index (Phi) is 5.21. The minimum atomic E-state index is -0.802. The van der Waals surface area contributed by atoms with Gasteiger partial charge in [0.05, 0.1) is 17.5 Å². The van der Waals surface area contributed by atoms with Crippen molar-refractivity contribution >= 4 is 34.3 Å². The standard InChI is InChI=1S/C20H18N4O4/c1-3-28-20(27)23-14-9-7-13(8-10-14)15-5-4-6-16-17(15)22-11-24(19(16)26)12(2)18(21)25/h4-11H,2-3H2,1H3,(H2,21,25)(H,23,27). The van der Waals surface area contributed by atoms with Crippen LogP contribution in [-0.2, 0) is 9.53 Å². The molecule has 8 heteroatoms. The highest BCUT2D eigenvalue weighted by molar-refractivity contribution is 6.12. The van der Waals surface area contributed by atoms with Crippen LogP contribution in [0.3, 0.4) is 0 Å². The number of benzene rings is 2. The fourth-order valence-electron chi connectivity index (χ4n) is 2.71. The molecule has 0 spiro atoms. The van der Waals surface area contributed by atoms with Crippen LogP contribution in [0.5, 0.6) is 0 Å². The van der Waals surface area contributed by atoms with Crippen molar-refractivity contribution in [2.75, 3.05) is 11.9 Å². The highest BCUT2D eigenvalue weighted by Gasteiger charge is 2.13. The number of ether oxygens (including phenoxy) is 1. The molecule has 0 unspecified atom stereocenters. The summed E-state index contributed by atoms with van der Waals surface area (Å²) < 4.78 is 5.87. The molecule has 0 aliphatic rings. The number of nitrogens with one attached hydrogen (secondary N) is 1. The number of rotatable bonds is 5. The van der Waals surface area contributed by atoms with Crippen molar-refractivity contribution in [2.45, 2.75) is 6.92 Å². The normalized spacial score (nSPS) is 10.5. The summed E-state index contributed by atoms with van der Waals surface area (Å²) in [5, 5.41) is 2.94. The fraction of sp³-hybridized carbons (Fsp3) is 0.100. The van der Waals surface area contributed by atoms with Crippen molar-refractivity contribution in [1.82, 2.24) is 9.55 Å². The van der Waals surface area contributed by atoms with E-state index in [0.29, 0.717) is 16.6 Å². The van der Waals surface area contributed by atoms with E-state index in [0.717, 1.165) is 15.7 Å². The van der Waals surface area contributed by atoms with Gasteiger partial charge in [0.15, 0.2) is 0 Å². The van der Waals surface area contributed by atoms with Crippen LogP contribution < -0.4 is 16.6 Å². The lowest BCUT2D eigenvalue weighted by Gasteiger charge is -2.10. The van der Waals surface area contributed by atoms with Crippen molar-refractivity contribution < 1.29 is 14.3 Å². The predicted molar refractivity (Wildman–Crippen MR) is 107 cm³/mol. The number of aromatic nitrogens is 2. The van der Waals surface area contributed by atoms with Gasteiger partial charge >= 0.3 is 6.09 Å². The lowest BCUT2D eigenvalue weighted by Crippen LogP contribution is -2.26. The summed E-state index contributed by atoms with van der Waals surface area (Å²) in [5.74, 6) is -0.802. The number of anilines is 1. The Labute approximate surface area is 160 Å². The minimum absolute atomic E-state index is 0.154. The van der Waals surface area contributed by atoms with Crippen molar-refractivity contribution in [2.24, 2.45) is 5.73 Å². The fourth-order valence-corrected chi connectivity index (χ4v) is 2.71. The lowest BCUT2D eigenvalue weighted by molar-refractivity contribution is -0.113. The number of primary amides is 1. The molecule has 1 aromatic heterocycles. The second kappa shape index (κ2) is 7.75. The number of nitrogens with zero attached hydrogens (tertiary/aromatic N) is 2. The van der Waals surface area contributed by atoms with E-state index in [-0.39, 0.29) is 12.3 Å². The number of para-hydroxylation sites is 1. The molecule has 0 atom stereocenters. The third-order valence-electron chi connectivity index (χ3n) is 4.08. The third-order valence-corrected chi connectivity index (χ3v) is 4.08. The molecule has 0 bridgehead atoms. The molecule has 3 rings (SSSR count). The molecule has 142 valence electrons. The highest BCUT2D eigenvalue weighted by atomic mass is 16.5. The second-order valence-electron chi connectivity index (χ2n) is 5.86. The second-order valence-corrected chi connectivity index (χ2v) is 5.86. The van der Waals surface area contributed by atoms with E-state index in [9.17, 15) is 14.4 Å². The van der Waals surface area contributed by atoms with Crippen molar-refractivity contribution in [3.8, 4) is 11.1 Å². The molecule has 3 aromatic rings. The summed E-state index contributed by atoms with van der Waals surface area (Å²) in [5.41, 5.74) is 7.21. The van der Waals surface area contributed by atoms with Crippen LogP contribution in [-0.4, -0.2) is 28.2 Å². The lowest BCUT2D eigenvalue weighted by atomic mass is 10.0. The van der Waals surface area contributed by atoms with Gasteiger partial charge in [-0.15, -0.1) is 0 Å². The first-order chi connectivity index (χ1) is 13.4. The molecule has 0 saturated carbocycles.